The molecule has 0 amide bonds. The Hall–Kier alpha value is -2.74. The molecule has 0 saturated carbocycles. The van der Waals surface area contributed by atoms with E-state index in [1.165, 1.54) is 24.3 Å². The average molecular weight is 295 g/mol. The summed E-state index contributed by atoms with van der Waals surface area (Å²) in [6.45, 7) is -0.529. The van der Waals surface area contributed by atoms with Gasteiger partial charge in [-0.2, -0.15) is 0 Å². The van der Waals surface area contributed by atoms with Crippen molar-refractivity contribution in [2.45, 2.75) is 12.2 Å². The van der Waals surface area contributed by atoms with E-state index < -0.39 is 42.3 Å². The van der Waals surface area contributed by atoms with Crippen LogP contribution in [0.2, 0.25) is 0 Å². The molecule has 0 aliphatic carbocycles. The van der Waals surface area contributed by atoms with Crippen LogP contribution in [0.1, 0.15) is 10.4 Å². The number of carbonyl (C=O) groups is 2. The van der Waals surface area contributed by atoms with Crippen molar-refractivity contribution in [2.75, 3.05) is 12.3 Å². The van der Waals surface area contributed by atoms with E-state index in [1.807, 2.05) is 0 Å². The lowest BCUT2D eigenvalue weighted by molar-refractivity contribution is -0.147. The summed E-state index contributed by atoms with van der Waals surface area (Å²) in [7, 11) is 0. The van der Waals surface area contributed by atoms with Crippen molar-refractivity contribution in [3.05, 3.63) is 41.3 Å². The second kappa shape index (κ2) is 5.71. The number of hydrogen-bond acceptors (Lipinski definition) is 8. The quantitative estimate of drug-likeness (QED) is 0.451. The van der Waals surface area contributed by atoms with Crippen LogP contribution in [-0.4, -0.2) is 46.1 Å². The molecule has 2 rings (SSSR count). The number of esters is 2. The molecule has 0 bridgehead atoms. The number of aliphatic hydroxyl groups is 3. The number of nitrogens with two attached hydrogens (primary N) is 1. The summed E-state index contributed by atoms with van der Waals surface area (Å²) in [5.41, 5.74) is 6.18. The monoisotopic (exact) mass is 295 g/mol. The average Bonchev–Trinajstić information content (AvgIpc) is 2.73. The van der Waals surface area contributed by atoms with Gasteiger partial charge in [-0.15, -0.1) is 0 Å². The molecule has 1 aromatic rings. The van der Waals surface area contributed by atoms with Gasteiger partial charge in [0.2, 0.25) is 5.76 Å². The van der Waals surface area contributed by atoms with Gasteiger partial charge >= 0.3 is 11.9 Å². The minimum atomic E-state index is -1.50. The van der Waals surface area contributed by atoms with Crippen molar-refractivity contribution in [2.24, 2.45) is 0 Å². The van der Waals surface area contributed by atoms with E-state index in [-0.39, 0.29) is 5.56 Å². The number of aliphatic hydroxyl groups excluding tert-OH is 3. The molecular weight excluding hydrogens is 282 g/mol. The lowest BCUT2D eigenvalue weighted by atomic mass is 10.2. The minimum Gasteiger partial charge on any atom is -0.505 e. The van der Waals surface area contributed by atoms with Crippen molar-refractivity contribution < 1.29 is 34.4 Å². The van der Waals surface area contributed by atoms with Crippen LogP contribution in [0.4, 0.5) is 5.69 Å². The Labute approximate surface area is 119 Å². The van der Waals surface area contributed by atoms with Gasteiger partial charge in [0.15, 0.2) is 11.9 Å². The van der Waals surface area contributed by atoms with Crippen LogP contribution in [0, 0.1) is 0 Å². The summed E-state index contributed by atoms with van der Waals surface area (Å²) in [6, 6.07) is 5.92. The highest BCUT2D eigenvalue weighted by molar-refractivity contribution is 5.90. The summed E-state index contributed by atoms with van der Waals surface area (Å²) < 4.78 is 9.36. The molecule has 0 fully saturated rings. The molecule has 112 valence electrons. The number of carbonyl (C=O) groups excluding carboxylic acids is 2. The van der Waals surface area contributed by atoms with E-state index in [2.05, 4.69) is 4.74 Å². The summed E-state index contributed by atoms with van der Waals surface area (Å²) in [5, 5.41) is 28.2. The largest absolute Gasteiger partial charge is 0.505 e. The summed E-state index contributed by atoms with van der Waals surface area (Å²) in [4.78, 5) is 22.6. The number of nitrogen functional groups attached to an aromatic ring is 1. The van der Waals surface area contributed by atoms with E-state index in [1.54, 1.807) is 0 Å². The van der Waals surface area contributed by atoms with Gasteiger partial charge in [0.05, 0.1) is 5.56 Å². The number of anilines is 1. The Bertz CT molecular complexity index is 593. The number of benzene rings is 1. The van der Waals surface area contributed by atoms with E-state index >= 15 is 0 Å². The van der Waals surface area contributed by atoms with Crippen molar-refractivity contribution in [3.63, 3.8) is 0 Å². The van der Waals surface area contributed by atoms with Gasteiger partial charge in [0, 0.05) is 5.69 Å². The Kier molecular flexibility index (Phi) is 3.99. The molecule has 5 N–H and O–H groups in total. The maximum atomic E-state index is 11.7. The van der Waals surface area contributed by atoms with Crippen molar-refractivity contribution in [1.82, 2.24) is 0 Å². The van der Waals surface area contributed by atoms with Crippen LogP contribution >= 0.6 is 0 Å². The molecule has 1 aromatic carbocycles. The zero-order valence-electron chi connectivity index (χ0n) is 10.7. The maximum absolute atomic E-state index is 11.7. The molecule has 8 nitrogen and oxygen atoms in total. The first-order chi connectivity index (χ1) is 9.90. The fraction of sp³-hybridized carbons (Fsp3) is 0.231. The molecule has 1 aliphatic rings. The summed E-state index contributed by atoms with van der Waals surface area (Å²) in [6.07, 6.45) is -2.96. The third-order valence-electron chi connectivity index (χ3n) is 2.82. The van der Waals surface area contributed by atoms with Gasteiger partial charge in [0.1, 0.15) is 12.7 Å². The molecule has 21 heavy (non-hydrogen) atoms. The SMILES string of the molecule is Nc1ccc(C(=O)OC[C@@H](O)[C@H]2OC(=O)C(O)=C2O)cc1. The minimum absolute atomic E-state index is 0.224. The summed E-state index contributed by atoms with van der Waals surface area (Å²) >= 11 is 0. The topological polar surface area (TPSA) is 139 Å². The van der Waals surface area contributed by atoms with Gasteiger partial charge in [-0.3, -0.25) is 0 Å². The first-order valence-corrected chi connectivity index (χ1v) is 5.94. The highest BCUT2D eigenvalue weighted by Gasteiger charge is 2.39. The Morgan fingerprint density at radius 2 is 1.95 bits per heavy atom. The number of hydrogen-bond donors (Lipinski definition) is 4. The molecule has 0 saturated heterocycles. The fourth-order valence-corrected chi connectivity index (χ4v) is 1.68. The van der Waals surface area contributed by atoms with Gasteiger partial charge in [0.25, 0.3) is 0 Å². The highest BCUT2D eigenvalue weighted by atomic mass is 16.6. The fourth-order valence-electron chi connectivity index (χ4n) is 1.68. The third-order valence-corrected chi connectivity index (χ3v) is 2.82. The summed E-state index contributed by atoms with van der Waals surface area (Å²) in [5.74, 6) is -3.63. The van der Waals surface area contributed by atoms with E-state index in [4.69, 9.17) is 15.6 Å². The van der Waals surface area contributed by atoms with Crippen LogP contribution in [0.5, 0.6) is 0 Å². The maximum Gasteiger partial charge on any atom is 0.377 e. The van der Waals surface area contributed by atoms with Gasteiger partial charge < -0.3 is 30.5 Å². The second-order valence-electron chi connectivity index (χ2n) is 4.35. The highest BCUT2D eigenvalue weighted by Crippen LogP contribution is 2.21. The molecule has 1 heterocycles. The Morgan fingerprint density at radius 1 is 1.33 bits per heavy atom. The van der Waals surface area contributed by atoms with Crippen LogP contribution in [0.15, 0.2) is 35.8 Å². The van der Waals surface area contributed by atoms with Crippen molar-refractivity contribution in [1.29, 1.82) is 0 Å². The van der Waals surface area contributed by atoms with Gasteiger partial charge in [-0.1, -0.05) is 0 Å². The Morgan fingerprint density at radius 3 is 2.48 bits per heavy atom. The third kappa shape index (κ3) is 3.06. The number of cyclic esters (lactones) is 1. The lowest BCUT2D eigenvalue weighted by Gasteiger charge is -2.17. The van der Waals surface area contributed by atoms with Crippen LogP contribution in [0.25, 0.3) is 0 Å². The first kappa shape index (κ1) is 14.7. The van der Waals surface area contributed by atoms with Gasteiger partial charge in [-0.25, -0.2) is 9.59 Å². The predicted octanol–water partition coefficient (Wildman–Crippen LogP) is 0.0395. The molecule has 0 unspecified atom stereocenters. The predicted molar refractivity (Wildman–Crippen MR) is 69.3 cm³/mol. The second-order valence-corrected chi connectivity index (χ2v) is 4.35. The van der Waals surface area contributed by atoms with Crippen LogP contribution < -0.4 is 5.73 Å². The van der Waals surface area contributed by atoms with Crippen molar-refractivity contribution >= 4 is 17.6 Å². The number of rotatable bonds is 4. The Balaban J connectivity index is 1.93. The van der Waals surface area contributed by atoms with Gasteiger partial charge in [-0.05, 0) is 24.3 Å². The molecule has 0 spiro atoms. The zero-order valence-corrected chi connectivity index (χ0v) is 10.7. The first-order valence-electron chi connectivity index (χ1n) is 5.94. The zero-order chi connectivity index (χ0) is 15.6. The van der Waals surface area contributed by atoms with Crippen LogP contribution in [0.3, 0.4) is 0 Å². The molecule has 2 atom stereocenters. The lowest BCUT2D eigenvalue weighted by Crippen LogP contribution is -2.33. The molecule has 0 radical (unpaired) electrons. The molecule has 1 aliphatic heterocycles. The number of ether oxygens (including phenoxy) is 2. The molecule has 0 aromatic heterocycles. The van der Waals surface area contributed by atoms with E-state index in [0.717, 1.165) is 0 Å². The molecule has 8 heteroatoms. The van der Waals surface area contributed by atoms with E-state index in [0.29, 0.717) is 5.69 Å². The smallest absolute Gasteiger partial charge is 0.377 e. The molecular formula is C13H13NO7. The van der Waals surface area contributed by atoms with Crippen molar-refractivity contribution in [3.8, 4) is 0 Å². The van der Waals surface area contributed by atoms with Crippen LogP contribution in [-0.2, 0) is 14.3 Å². The normalized spacial score (nSPS) is 19.3. The standard InChI is InChI=1S/C13H13NO7/c14-7-3-1-6(2-4-7)12(18)20-5-8(15)11-9(16)10(17)13(19)21-11/h1-4,8,11,15-17H,5,14H2/t8-,11-/m1/s1. The van der Waals surface area contributed by atoms with E-state index in [9.17, 15) is 19.8 Å².